The Morgan fingerprint density at radius 3 is 2.77 bits per heavy atom. The van der Waals surface area contributed by atoms with E-state index in [1.54, 1.807) is 0 Å². The number of aromatic nitrogens is 2. The number of aromatic carboxylic acids is 1. The van der Waals surface area contributed by atoms with Gasteiger partial charge in [0.05, 0.1) is 7.11 Å². The van der Waals surface area contributed by atoms with Crippen LogP contribution in [-0.4, -0.2) is 34.1 Å². The van der Waals surface area contributed by atoms with Gasteiger partial charge in [-0.05, 0) is 6.07 Å². The fraction of sp³-hybridized carbons (Fsp3) is 0.143. The molecule has 1 N–H and O–H groups in total. The molecule has 1 aromatic rings. The van der Waals surface area contributed by atoms with Crippen LogP contribution < -0.4 is 0 Å². The van der Waals surface area contributed by atoms with Crippen molar-refractivity contribution < 1.29 is 19.4 Å². The van der Waals surface area contributed by atoms with E-state index in [0.717, 1.165) is 0 Å². The van der Waals surface area contributed by atoms with E-state index < -0.39 is 17.8 Å². The molecule has 0 fully saturated rings. The van der Waals surface area contributed by atoms with Gasteiger partial charge in [0.1, 0.15) is 0 Å². The van der Waals surface area contributed by atoms with Crippen molar-refractivity contribution in [2.45, 2.75) is 0 Å². The Balaban J connectivity index is 3.05. The van der Waals surface area contributed by atoms with Gasteiger partial charge in [0.15, 0.2) is 5.69 Å². The number of ether oxygens (including phenoxy) is 1. The van der Waals surface area contributed by atoms with Crippen LogP contribution in [0.15, 0.2) is 12.3 Å². The highest BCUT2D eigenvalue weighted by atomic mass is 16.5. The van der Waals surface area contributed by atoms with Crippen molar-refractivity contribution in [1.82, 2.24) is 9.97 Å². The molecule has 0 unspecified atom stereocenters. The zero-order valence-corrected chi connectivity index (χ0v) is 6.72. The van der Waals surface area contributed by atoms with Crippen LogP contribution in [-0.2, 0) is 4.74 Å². The Morgan fingerprint density at radius 1 is 1.54 bits per heavy atom. The number of carbonyl (C=O) groups is 2. The molecule has 0 amide bonds. The van der Waals surface area contributed by atoms with E-state index in [1.807, 2.05) is 0 Å². The minimum atomic E-state index is -1.29. The molecule has 0 aliphatic carbocycles. The number of rotatable bonds is 2. The first-order valence-electron chi connectivity index (χ1n) is 3.30. The average Bonchev–Trinajstić information content (AvgIpc) is 2.17. The van der Waals surface area contributed by atoms with E-state index in [9.17, 15) is 9.59 Å². The maximum atomic E-state index is 10.9. The number of hydrogen-bond acceptors (Lipinski definition) is 5. The molecule has 0 aliphatic heterocycles. The minimum absolute atomic E-state index is 0.0742. The molecule has 6 nitrogen and oxygen atoms in total. The summed E-state index contributed by atoms with van der Waals surface area (Å²) in [6.45, 7) is 0. The SMILES string of the molecule is COC(=O)c1ccnc(C(=O)O)n1. The first kappa shape index (κ1) is 9.11. The van der Waals surface area contributed by atoms with Gasteiger partial charge in [-0.1, -0.05) is 0 Å². The van der Waals surface area contributed by atoms with Gasteiger partial charge in [0.25, 0.3) is 0 Å². The molecule has 0 bridgehead atoms. The third-order valence-corrected chi connectivity index (χ3v) is 1.24. The van der Waals surface area contributed by atoms with Crippen molar-refractivity contribution in [2.24, 2.45) is 0 Å². The van der Waals surface area contributed by atoms with Crippen LogP contribution >= 0.6 is 0 Å². The summed E-state index contributed by atoms with van der Waals surface area (Å²) in [5.41, 5.74) is -0.0742. The van der Waals surface area contributed by atoms with Gasteiger partial charge in [-0.15, -0.1) is 0 Å². The molecule has 0 aliphatic rings. The van der Waals surface area contributed by atoms with Gasteiger partial charge >= 0.3 is 11.9 Å². The van der Waals surface area contributed by atoms with Crippen LogP contribution in [0.3, 0.4) is 0 Å². The number of carbonyl (C=O) groups excluding carboxylic acids is 1. The van der Waals surface area contributed by atoms with Crippen LogP contribution in [0.25, 0.3) is 0 Å². The lowest BCUT2D eigenvalue weighted by Gasteiger charge is -1.97. The standard InChI is InChI=1S/C7H6N2O4/c1-13-7(12)4-2-3-8-5(9-4)6(10)11/h2-3H,1H3,(H,10,11). The van der Waals surface area contributed by atoms with Crippen molar-refractivity contribution in [3.8, 4) is 0 Å². The Morgan fingerprint density at radius 2 is 2.23 bits per heavy atom. The summed E-state index contributed by atoms with van der Waals surface area (Å²) in [6, 6.07) is 1.28. The first-order chi connectivity index (χ1) is 6.15. The molecule has 0 aromatic carbocycles. The summed E-state index contributed by atoms with van der Waals surface area (Å²) in [5.74, 6) is -2.40. The molecule has 0 saturated carbocycles. The Bertz CT molecular complexity index is 350. The second-order valence-electron chi connectivity index (χ2n) is 2.06. The molecule has 13 heavy (non-hydrogen) atoms. The maximum Gasteiger partial charge on any atom is 0.373 e. The molecular weight excluding hydrogens is 176 g/mol. The molecule has 0 spiro atoms. The number of esters is 1. The quantitative estimate of drug-likeness (QED) is 0.645. The molecule has 1 heterocycles. The number of methoxy groups -OCH3 is 1. The van der Waals surface area contributed by atoms with Crippen molar-refractivity contribution >= 4 is 11.9 Å². The van der Waals surface area contributed by atoms with Crippen LogP contribution in [0.5, 0.6) is 0 Å². The molecule has 0 saturated heterocycles. The second-order valence-corrected chi connectivity index (χ2v) is 2.06. The minimum Gasteiger partial charge on any atom is -0.475 e. The lowest BCUT2D eigenvalue weighted by atomic mass is 10.4. The van der Waals surface area contributed by atoms with E-state index in [-0.39, 0.29) is 5.69 Å². The topological polar surface area (TPSA) is 89.4 Å². The Labute approximate surface area is 73.2 Å². The van der Waals surface area contributed by atoms with Crippen molar-refractivity contribution in [1.29, 1.82) is 0 Å². The highest BCUT2D eigenvalue weighted by molar-refractivity contribution is 5.89. The summed E-state index contributed by atoms with van der Waals surface area (Å²) in [4.78, 5) is 28.2. The number of hydrogen-bond donors (Lipinski definition) is 1. The molecule has 0 atom stereocenters. The maximum absolute atomic E-state index is 10.9. The fourth-order valence-electron chi connectivity index (χ4n) is 0.680. The van der Waals surface area contributed by atoms with Crippen LogP contribution in [0.2, 0.25) is 0 Å². The average molecular weight is 182 g/mol. The summed E-state index contributed by atoms with van der Waals surface area (Å²) < 4.78 is 4.35. The lowest BCUT2D eigenvalue weighted by molar-refractivity contribution is 0.0593. The molecule has 68 valence electrons. The third kappa shape index (κ3) is 1.98. The van der Waals surface area contributed by atoms with E-state index in [1.165, 1.54) is 19.4 Å². The van der Waals surface area contributed by atoms with E-state index in [0.29, 0.717) is 0 Å². The molecule has 1 rings (SSSR count). The van der Waals surface area contributed by atoms with Gasteiger partial charge in [0.2, 0.25) is 5.82 Å². The van der Waals surface area contributed by atoms with E-state index >= 15 is 0 Å². The van der Waals surface area contributed by atoms with Crippen molar-refractivity contribution in [2.75, 3.05) is 7.11 Å². The van der Waals surface area contributed by atoms with Gasteiger partial charge in [-0.2, -0.15) is 0 Å². The van der Waals surface area contributed by atoms with Crippen LogP contribution in [0.4, 0.5) is 0 Å². The van der Waals surface area contributed by atoms with Crippen LogP contribution in [0.1, 0.15) is 21.1 Å². The summed E-state index contributed by atoms with van der Waals surface area (Å²) in [7, 11) is 1.19. The summed E-state index contributed by atoms with van der Waals surface area (Å²) >= 11 is 0. The van der Waals surface area contributed by atoms with Gasteiger partial charge in [0, 0.05) is 6.20 Å². The molecule has 0 radical (unpaired) electrons. The zero-order valence-electron chi connectivity index (χ0n) is 6.72. The summed E-state index contributed by atoms with van der Waals surface area (Å²) in [6.07, 6.45) is 1.18. The highest BCUT2D eigenvalue weighted by Gasteiger charge is 2.11. The number of carboxylic acid groups (broad SMARTS) is 1. The number of carboxylic acids is 1. The van der Waals surface area contributed by atoms with E-state index in [2.05, 4.69) is 14.7 Å². The summed E-state index contributed by atoms with van der Waals surface area (Å²) in [5, 5.41) is 8.49. The van der Waals surface area contributed by atoms with Crippen molar-refractivity contribution in [3.63, 3.8) is 0 Å². The van der Waals surface area contributed by atoms with Gasteiger partial charge in [-0.25, -0.2) is 19.6 Å². The predicted octanol–water partition coefficient (Wildman–Crippen LogP) is -0.0386. The molecular formula is C7H6N2O4. The molecule has 6 heteroatoms. The molecule has 1 aromatic heterocycles. The fourth-order valence-corrected chi connectivity index (χ4v) is 0.680. The van der Waals surface area contributed by atoms with Crippen LogP contribution in [0, 0.1) is 0 Å². The predicted molar refractivity (Wildman–Crippen MR) is 40.3 cm³/mol. The Hall–Kier alpha value is -1.98. The van der Waals surface area contributed by atoms with Crippen molar-refractivity contribution in [3.05, 3.63) is 23.8 Å². The number of nitrogens with zero attached hydrogens (tertiary/aromatic N) is 2. The normalized spacial score (nSPS) is 9.31. The first-order valence-corrected chi connectivity index (χ1v) is 3.30. The van der Waals surface area contributed by atoms with E-state index in [4.69, 9.17) is 5.11 Å². The monoisotopic (exact) mass is 182 g/mol. The second kappa shape index (κ2) is 3.61. The third-order valence-electron chi connectivity index (χ3n) is 1.24. The smallest absolute Gasteiger partial charge is 0.373 e. The highest BCUT2D eigenvalue weighted by Crippen LogP contribution is 1.97. The largest absolute Gasteiger partial charge is 0.475 e. The van der Waals surface area contributed by atoms with Gasteiger partial charge in [-0.3, -0.25) is 0 Å². The Kier molecular flexibility index (Phi) is 2.53. The zero-order chi connectivity index (χ0) is 9.84. The lowest BCUT2D eigenvalue weighted by Crippen LogP contribution is -2.10. The van der Waals surface area contributed by atoms with Gasteiger partial charge < -0.3 is 9.84 Å².